The lowest BCUT2D eigenvalue weighted by atomic mass is 10.1. The van der Waals surface area contributed by atoms with Crippen molar-refractivity contribution in [1.82, 2.24) is 0 Å². The highest BCUT2D eigenvalue weighted by atomic mass is 35.5. The maximum Gasteiger partial charge on any atom is 0.338 e. The van der Waals surface area contributed by atoms with Crippen LogP contribution in [-0.4, -0.2) is 40.6 Å². The SMILES string of the molecule is CCOC(=O)c1ccc(NC(=O)CN(c2ccc(OC)c(Cl)c2)S(=O)(=O)c2ccccc2)c(C)c1. The fourth-order valence-corrected chi connectivity index (χ4v) is 5.00. The number of ether oxygens (including phenoxy) is 2. The third-order valence-corrected chi connectivity index (χ3v) is 7.14. The van der Waals surface area contributed by atoms with Gasteiger partial charge in [0.25, 0.3) is 10.0 Å². The van der Waals surface area contributed by atoms with Gasteiger partial charge >= 0.3 is 5.97 Å². The number of anilines is 2. The first-order valence-corrected chi connectivity index (χ1v) is 12.5. The summed E-state index contributed by atoms with van der Waals surface area (Å²) in [6, 6.07) is 16.9. The van der Waals surface area contributed by atoms with Crippen molar-refractivity contribution in [3.8, 4) is 5.75 Å². The van der Waals surface area contributed by atoms with Gasteiger partial charge in [-0.15, -0.1) is 0 Å². The van der Waals surface area contributed by atoms with Crippen LogP contribution in [0.2, 0.25) is 5.02 Å². The summed E-state index contributed by atoms with van der Waals surface area (Å²) in [7, 11) is -2.65. The Balaban J connectivity index is 1.91. The Morgan fingerprint density at radius 3 is 2.34 bits per heavy atom. The molecule has 0 aromatic heterocycles. The smallest absolute Gasteiger partial charge is 0.338 e. The normalized spacial score (nSPS) is 11.0. The molecule has 3 rings (SSSR count). The molecule has 0 radical (unpaired) electrons. The average molecular weight is 517 g/mol. The summed E-state index contributed by atoms with van der Waals surface area (Å²) in [5.41, 5.74) is 1.61. The second-order valence-electron chi connectivity index (χ2n) is 7.44. The molecule has 10 heteroatoms. The van der Waals surface area contributed by atoms with Crippen LogP contribution < -0.4 is 14.4 Å². The van der Waals surface area contributed by atoms with E-state index in [9.17, 15) is 18.0 Å². The molecule has 0 aliphatic rings. The van der Waals surface area contributed by atoms with Crippen LogP contribution in [0.4, 0.5) is 11.4 Å². The van der Waals surface area contributed by atoms with Crippen LogP contribution in [0.3, 0.4) is 0 Å². The fraction of sp³-hybridized carbons (Fsp3) is 0.200. The summed E-state index contributed by atoms with van der Waals surface area (Å²) < 4.78 is 38.0. The third-order valence-electron chi connectivity index (χ3n) is 5.05. The lowest BCUT2D eigenvalue weighted by molar-refractivity contribution is -0.114. The van der Waals surface area contributed by atoms with Gasteiger partial charge in [0.2, 0.25) is 5.91 Å². The van der Waals surface area contributed by atoms with Crippen LogP contribution in [0.1, 0.15) is 22.8 Å². The van der Waals surface area contributed by atoms with Crippen molar-refractivity contribution in [3.05, 3.63) is 82.9 Å². The van der Waals surface area contributed by atoms with Crippen LogP contribution in [-0.2, 0) is 19.6 Å². The monoisotopic (exact) mass is 516 g/mol. The molecule has 8 nitrogen and oxygen atoms in total. The summed E-state index contributed by atoms with van der Waals surface area (Å²) in [4.78, 5) is 25.0. The summed E-state index contributed by atoms with van der Waals surface area (Å²) >= 11 is 6.23. The number of nitrogens with one attached hydrogen (secondary N) is 1. The molecule has 0 aliphatic heterocycles. The second kappa shape index (κ2) is 11.2. The van der Waals surface area contributed by atoms with Gasteiger partial charge in [-0.2, -0.15) is 0 Å². The molecule has 0 unspecified atom stereocenters. The Bertz CT molecular complexity index is 1330. The number of rotatable bonds is 9. The van der Waals surface area contributed by atoms with Gasteiger partial charge in [0.1, 0.15) is 12.3 Å². The highest BCUT2D eigenvalue weighted by Gasteiger charge is 2.28. The molecule has 0 atom stereocenters. The Morgan fingerprint density at radius 1 is 1.03 bits per heavy atom. The van der Waals surface area contributed by atoms with E-state index in [-0.39, 0.29) is 22.2 Å². The first-order valence-electron chi connectivity index (χ1n) is 10.7. The van der Waals surface area contributed by atoms with E-state index >= 15 is 0 Å². The number of benzene rings is 3. The van der Waals surface area contributed by atoms with Crippen LogP contribution in [0.5, 0.6) is 5.75 Å². The largest absolute Gasteiger partial charge is 0.495 e. The predicted octanol–water partition coefficient (Wildman–Crippen LogP) is 4.67. The van der Waals surface area contributed by atoms with Crippen LogP contribution in [0.15, 0.2) is 71.6 Å². The van der Waals surface area contributed by atoms with Crippen molar-refractivity contribution in [1.29, 1.82) is 0 Å². The van der Waals surface area contributed by atoms with E-state index in [0.717, 1.165) is 4.31 Å². The van der Waals surface area contributed by atoms with E-state index in [0.29, 0.717) is 22.6 Å². The number of halogens is 1. The molecule has 0 bridgehead atoms. The molecule has 0 heterocycles. The van der Waals surface area contributed by atoms with Crippen molar-refractivity contribution in [3.63, 3.8) is 0 Å². The molecule has 0 aliphatic carbocycles. The Hall–Kier alpha value is -3.56. The third kappa shape index (κ3) is 6.12. The molecule has 0 fully saturated rings. The number of sulfonamides is 1. The first-order chi connectivity index (χ1) is 16.7. The predicted molar refractivity (Wildman–Crippen MR) is 135 cm³/mol. The maximum absolute atomic E-state index is 13.5. The standard InChI is InChI=1S/C25H25ClN2O6S/c1-4-34-25(30)18-10-12-22(17(2)14-18)27-24(29)16-28(19-11-13-23(33-3)21(26)15-19)35(31,32)20-8-6-5-7-9-20/h5-15H,4,16H2,1-3H3,(H,27,29). The van der Waals surface area contributed by atoms with Gasteiger partial charge in [0.05, 0.1) is 34.9 Å². The topological polar surface area (TPSA) is 102 Å². The van der Waals surface area contributed by atoms with Gasteiger partial charge in [0.15, 0.2) is 0 Å². The van der Waals surface area contributed by atoms with Gasteiger partial charge in [-0.3, -0.25) is 9.10 Å². The Morgan fingerprint density at radius 2 is 1.74 bits per heavy atom. The van der Waals surface area contributed by atoms with Crippen LogP contribution in [0.25, 0.3) is 0 Å². The van der Waals surface area contributed by atoms with Crippen molar-refractivity contribution < 1.29 is 27.5 Å². The highest BCUT2D eigenvalue weighted by Crippen LogP contribution is 2.32. The Kier molecular flexibility index (Phi) is 8.37. The minimum Gasteiger partial charge on any atom is -0.495 e. The summed E-state index contributed by atoms with van der Waals surface area (Å²) in [6.07, 6.45) is 0. The quantitative estimate of drug-likeness (QED) is 0.415. The number of carbonyl (C=O) groups is 2. The molecule has 0 saturated carbocycles. The van der Waals surface area contributed by atoms with Crippen LogP contribution in [0, 0.1) is 6.92 Å². The lowest BCUT2D eigenvalue weighted by Crippen LogP contribution is -2.38. The van der Waals surface area contributed by atoms with E-state index in [1.165, 1.54) is 43.5 Å². The first kappa shape index (κ1) is 26.1. The molecule has 35 heavy (non-hydrogen) atoms. The van der Waals surface area contributed by atoms with E-state index in [1.807, 2.05) is 0 Å². The van der Waals surface area contributed by atoms with E-state index in [2.05, 4.69) is 5.32 Å². The van der Waals surface area contributed by atoms with Gasteiger partial charge in [-0.25, -0.2) is 13.2 Å². The zero-order chi connectivity index (χ0) is 25.6. The number of amides is 1. The number of hydrogen-bond acceptors (Lipinski definition) is 6. The molecule has 3 aromatic rings. The number of carbonyl (C=O) groups excluding carboxylic acids is 2. The van der Waals surface area contributed by atoms with Crippen molar-refractivity contribution in [2.24, 2.45) is 0 Å². The van der Waals surface area contributed by atoms with Gasteiger partial charge < -0.3 is 14.8 Å². The molecule has 3 aromatic carbocycles. The molecule has 184 valence electrons. The number of esters is 1. The summed E-state index contributed by atoms with van der Waals surface area (Å²) in [5.74, 6) is -0.678. The zero-order valence-corrected chi connectivity index (χ0v) is 21.0. The van der Waals surface area contributed by atoms with Crippen molar-refractivity contribution >= 4 is 44.9 Å². The highest BCUT2D eigenvalue weighted by molar-refractivity contribution is 7.92. The van der Waals surface area contributed by atoms with Crippen molar-refractivity contribution in [2.45, 2.75) is 18.7 Å². The minimum absolute atomic E-state index is 0.0229. The summed E-state index contributed by atoms with van der Waals surface area (Å²) in [5, 5.41) is 2.91. The van der Waals surface area contributed by atoms with E-state index < -0.39 is 28.4 Å². The minimum atomic E-state index is -4.10. The number of hydrogen-bond donors (Lipinski definition) is 1. The average Bonchev–Trinajstić information content (AvgIpc) is 2.84. The lowest BCUT2D eigenvalue weighted by Gasteiger charge is -2.25. The summed E-state index contributed by atoms with van der Waals surface area (Å²) in [6.45, 7) is 3.17. The zero-order valence-electron chi connectivity index (χ0n) is 19.4. The Labute approximate surface area is 209 Å². The number of methoxy groups -OCH3 is 1. The molecule has 1 N–H and O–H groups in total. The second-order valence-corrected chi connectivity index (χ2v) is 9.71. The molecular weight excluding hydrogens is 492 g/mol. The fourth-order valence-electron chi connectivity index (χ4n) is 3.31. The van der Waals surface area contributed by atoms with Gasteiger partial charge in [-0.1, -0.05) is 29.8 Å². The number of aryl methyl sites for hydroxylation is 1. The maximum atomic E-state index is 13.5. The van der Waals surface area contributed by atoms with E-state index in [1.54, 1.807) is 44.2 Å². The van der Waals surface area contributed by atoms with Crippen molar-refractivity contribution in [2.75, 3.05) is 29.9 Å². The molecule has 1 amide bonds. The molecular formula is C25H25ClN2O6S. The molecule has 0 spiro atoms. The number of nitrogens with zero attached hydrogens (tertiary/aromatic N) is 1. The molecule has 0 saturated heterocycles. The van der Waals surface area contributed by atoms with Gasteiger partial charge in [-0.05, 0) is 67.9 Å². The van der Waals surface area contributed by atoms with E-state index in [4.69, 9.17) is 21.1 Å². The van der Waals surface area contributed by atoms with Crippen LogP contribution >= 0.6 is 11.6 Å². The van der Waals surface area contributed by atoms with Gasteiger partial charge in [0, 0.05) is 5.69 Å².